The molecule has 0 aromatic heterocycles. The van der Waals surface area contributed by atoms with Gasteiger partial charge in [0, 0.05) is 11.1 Å². The fraction of sp³-hybridized carbons (Fsp3) is 0.462. The van der Waals surface area contributed by atoms with Gasteiger partial charge in [0.15, 0.2) is 6.10 Å². The van der Waals surface area contributed by atoms with E-state index in [-0.39, 0.29) is 6.61 Å². The summed E-state index contributed by atoms with van der Waals surface area (Å²) in [6.45, 7) is 6.02. The largest absolute Gasteiger partial charge is 0.490 e. The summed E-state index contributed by atoms with van der Waals surface area (Å²) in [6, 6.07) is 3.73. The minimum atomic E-state index is -1.01. The molecular weight excluding hydrogens is 300 g/mol. The van der Waals surface area contributed by atoms with Gasteiger partial charge < -0.3 is 14.6 Å². The predicted molar refractivity (Wildman–Crippen MR) is 72.2 cm³/mol. The van der Waals surface area contributed by atoms with E-state index in [0.717, 1.165) is 15.6 Å². The van der Waals surface area contributed by atoms with E-state index >= 15 is 0 Å². The zero-order chi connectivity index (χ0) is 13.7. The smallest absolute Gasteiger partial charge is 0.336 e. The molecule has 0 saturated carbocycles. The van der Waals surface area contributed by atoms with Gasteiger partial charge in [-0.3, -0.25) is 0 Å². The molecule has 0 aliphatic carbocycles. The second-order valence-electron chi connectivity index (χ2n) is 3.96. The van der Waals surface area contributed by atoms with E-state index in [4.69, 9.17) is 14.6 Å². The summed E-state index contributed by atoms with van der Waals surface area (Å²) in [5, 5.41) is 8.92. The van der Waals surface area contributed by atoms with Crippen LogP contribution in [0.15, 0.2) is 16.6 Å². The first-order chi connectivity index (χ1) is 8.45. The molecule has 1 unspecified atom stereocenters. The molecule has 100 valence electrons. The first-order valence-electron chi connectivity index (χ1n) is 5.69. The van der Waals surface area contributed by atoms with E-state index in [0.29, 0.717) is 12.4 Å². The minimum absolute atomic E-state index is 0.00366. The molecule has 0 aliphatic rings. The Hall–Kier alpha value is -1.07. The van der Waals surface area contributed by atoms with Crippen molar-refractivity contribution < 1.29 is 19.4 Å². The van der Waals surface area contributed by atoms with Gasteiger partial charge in [0.25, 0.3) is 0 Å². The van der Waals surface area contributed by atoms with Gasteiger partial charge in [0.05, 0.1) is 0 Å². The highest BCUT2D eigenvalue weighted by Crippen LogP contribution is 2.26. The Morgan fingerprint density at radius 2 is 1.94 bits per heavy atom. The maximum Gasteiger partial charge on any atom is 0.336 e. The lowest BCUT2D eigenvalue weighted by Crippen LogP contribution is -2.30. The lowest BCUT2D eigenvalue weighted by atomic mass is 10.1. The number of halogens is 1. The third kappa shape index (κ3) is 3.99. The maximum absolute atomic E-state index is 10.9. The quantitative estimate of drug-likeness (QED) is 0.876. The van der Waals surface area contributed by atoms with E-state index in [1.54, 1.807) is 6.92 Å². The molecule has 1 atom stereocenters. The van der Waals surface area contributed by atoms with Crippen LogP contribution in [0.5, 0.6) is 5.75 Å². The van der Waals surface area contributed by atoms with Crippen molar-refractivity contribution in [3.63, 3.8) is 0 Å². The Morgan fingerprint density at radius 3 is 2.39 bits per heavy atom. The summed E-state index contributed by atoms with van der Waals surface area (Å²) in [6.07, 6.45) is -0.931. The maximum atomic E-state index is 10.9. The van der Waals surface area contributed by atoms with Gasteiger partial charge in [-0.25, -0.2) is 4.79 Å². The molecule has 0 bridgehead atoms. The van der Waals surface area contributed by atoms with Gasteiger partial charge in [-0.15, -0.1) is 0 Å². The van der Waals surface area contributed by atoms with E-state index in [1.165, 1.54) is 0 Å². The van der Waals surface area contributed by atoms with Crippen molar-refractivity contribution in [2.24, 2.45) is 0 Å². The molecule has 0 heterocycles. The summed E-state index contributed by atoms with van der Waals surface area (Å²) < 4.78 is 11.6. The number of carboxylic acids is 1. The molecule has 4 nitrogen and oxygen atoms in total. The molecule has 1 aromatic rings. The van der Waals surface area contributed by atoms with E-state index < -0.39 is 12.1 Å². The predicted octanol–water partition coefficient (Wildman–Crippen LogP) is 2.93. The molecule has 0 amide bonds. The fourth-order valence-electron chi connectivity index (χ4n) is 1.55. The first-order valence-corrected chi connectivity index (χ1v) is 6.49. The molecule has 0 radical (unpaired) electrons. The number of rotatable bonds is 6. The average Bonchev–Trinajstić information content (AvgIpc) is 2.30. The standard InChI is InChI=1S/C13H17BrO4/c1-4-17-11(13(15)16)7-18-10-5-8(2)12(14)9(3)6-10/h5-6,11H,4,7H2,1-3H3,(H,15,16). The van der Waals surface area contributed by atoms with Crippen LogP contribution in [0.1, 0.15) is 18.1 Å². The normalized spacial score (nSPS) is 12.2. The number of ether oxygens (including phenoxy) is 2. The van der Waals surface area contributed by atoms with Gasteiger partial charge in [-0.2, -0.15) is 0 Å². The van der Waals surface area contributed by atoms with E-state index in [9.17, 15) is 4.79 Å². The lowest BCUT2D eigenvalue weighted by Gasteiger charge is -2.15. The highest BCUT2D eigenvalue weighted by molar-refractivity contribution is 9.10. The molecule has 5 heteroatoms. The van der Waals surface area contributed by atoms with Crippen LogP contribution in [0.3, 0.4) is 0 Å². The Morgan fingerprint density at radius 1 is 1.39 bits per heavy atom. The van der Waals surface area contributed by atoms with Crippen LogP contribution in [0.25, 0.3) is 0 Å². The van der Waals surface area contributed by atoms with Crippen LogP contribution in [0, 0.1) is 13.8 Å². The van der Waals surface area contributed by atoms with E-state index in [1.807, 2.05) is 26.0 Å². The Bertz CT molecular complexity index is 408. The van der Waals surface area contributed by atoms with Crippen molar-refractivity contribution in [1.29, 1.82) is 0 Å². The minimum Gasteiger partial charge on any atom is -0.490 e. The molecule has 0 aliphatic heterocycles. The molecule has 1 aromatic carbocycles. The van der Waals surface area contributed by atoms with Gasteiger partial charge in [0.1, 0.15) is 12.4 Å². The number of benzene rings is 1. The average molecular weight is 317 g/mol. The van der Waals surface area contributed by atoms with Crippen molar-refractivity contribution in [2.75, 3.05) is 13.2 Å². The number of hydrogen-bond donors (Lipinski definition) is 1. The summed E-state index contributed by atoms with van der Waals surface area (Å²) >= 11 is 3.47. The topological polar surface area (TPSA) is 55.8 Å². The zero-order valence-electron chi connectivity index (χ0n) is 10.7. The summed E-state index contributed by atoms with van der Waals surface area (Å²) in [5.41, 5.74) is 2.10. The molecule has 0 saturated heterocycles. The van der Waals surface area contributed by atoms with Crippen LogP contribution in [0.4, 0.5) is 0 Å². The van der Waals surface area contributed by atoms with Crippen LogP contribution in [0.2, 0.25) is 0 Å². The Kier molecular flexibility index (Phi) is 5.62. The number of hydrogen-bond acceptors (Lipinski definition) is 3. The van der Waals surface area contributed by atoms with Crippen molar-refractivity contribution in [3.8, 4) is 5.75 Å². The fourth-order valence-corrected chi connectivity index (χ4v) is 1.78. The SMILES string of the molecule is CCOC(COc1cc(C)c(Br)c(C)c1)C(=O)O. The lowest BCUT2D eigenvalue weighted by molar-refractivity contribution is -0.152. The van der Waals surface area contributed by atoms with Crippen LogP contribution in [-0.4, -0.2) is 30.4 Å². The second-order valence-corrected chi connectivity index (χ2v) is 4.76. The monoisotopic (exact) mass is 316 g/mol. The van der Waals surface area contributed by atoms with Crippen molar-refractivity contribution >= 4 is 21.9 Å². The summed E-state index contributed by atoms with van der Waals surface area (Å²) in [5.74, 6) is -0.360. The van der Waals surface area contributed by atoms with Gasteiger partial charge in [-0.05, 0) is 44.0 Å². The van der Waals surface area contributed by atoms with E-state index in [2.05, 4.69) is 15.9 Å². The third-order valence-corrected chi connectivity index (χ3v) is 3.71. The summed E-state index contributed by atoms with van der Waals surface area (Å²) in [4.78, 5) is 10.9. The highest BCUT2D eigenvalue weighted by Gasteiger charge is 2.18. The molecular formula is C13H17BrO4. The number of aryl methyl sites for hydroxylation is 2. The second kappa shape index (κ2) is 6.75. The molecule has 1 rings (SSSR count). The molecule has 0 spiro atoms. The van der Waals surface area contributed by atoms with Crippen LogP contribution < -0.4 is 4.74 Å². The number of carboxylic acid groups (broad SMARTS) is 1. The van der Waals surface area contributed by atoms with Crippen LogP contribution in [-0.2, 0) is 9.53 Å². The molecule has 1 N–H and O–H groups in total. The third-order valence-electron chi connectivity index (χ3n) is 2.45. The Labute approximate surface area is 115 Å². The van der Waals surface area contributed by atoms with Crippen molar-refractivity contribution in [1.82, 2.24) is 0 Å². The molecule has 18 heavy (non-hydrogen) atoms. The molecule has 0 fully saturated rings. The first kappa shape index (κ1) is 15.0. The van der Waals surface area contributed by atoms with Gasteiger partial charge in [-0.1, -0.05) is 15.9 Å². The van der Waals surface area contributed by atoms with Gasteiger partial charge in [0.2, 0.25) is 0 Å². The number of carbonyl (C=O) groups is 1. The van der Waals surface area contributed by atoms with Crippen molar-refractivity contribution in [2.45, 2.75) is 26.9 Å². The van der Waals surface area contributed by atoms with Crippen LogP contribution >= 0.6 is 15.9 Å². The van der Waals surface area contributed by atoms with Crippen molar-refractivity contribution in [3.05, 3.63) is 27.7 Å². The zero-order valence-corrected chi connectivity index (χ0v) is 12.3. The summed E-state index contributed by atoms with van der Waals surface area (Å²) in [7, 11) is 0. The Balaban J connectivity index is 2.70. The number of aliphatic carboxylic acids is 1. The highest BCUT2D eigenvalue weighted by atomic mass is 79.9. The van der Waals surface area contributed by atoms with Gasteiger partial charge >= 0.3 is 5.97 Å².